The van der Waals surface area contributed by atoms with Crippen molar-refractivity contribution in [1.82, 2.24) is 10.2 Å². The van der Waals surface area contributed by atoms with Crippen LogP contribution < -0.4 is 5.32 Å². The molecule has 4 aliphatic rings. The molecule has 0 aromatic carbocycles. The largest absolute Gasteiger partial charge is 0.339 e. The quantitative estimate of drug-likeness (QED) is 0.640. The molecule has 14 heavy (non-hydrogen) atoms. The minimum absolute atomic E-state index is 0.0764. The predicted molar refractivity (Wildman–Crippen MR) is 57.1 cm³/mol. The second kappa shape index (κ2) is 2.89. The lowest BCUT2D eigenvalue weighted by Crippen LogP contribution is -2.62. The summed E-state index contributed by atoms with van der Waals surface area (Å²) in [5.41, 5.74) is 0. The van der Waals surface area contributed by atoms with Gasteiger partial charge in [0.15, 0.2) is 0 Å². The monoisotopic (exact) mass is 212 g/mol. The lowest BCUT2D eigenvalue weighted by Gasteiger charge is -2.50. The molecule has 1 amide bonds. The summed E-state index contributed by atoms with van der Waals surface area (Å²) < 4.78 is 0. The van der Waals surface area contributed by atoms with Gasteiger partial charge in [0.2, 0.25) is 5.91 Å². The van der Waals surface area contributed by atoms with E-state index in [0.29, 0.717) is 5.92 Å². The van der Waals surface area contributed by atoms with Crippen molar-refractivity contribution in [1.29, 1.82) is 0 Å². The lowest BCUT2D eigenvalue weighted by atomic mass is 9.83. The molecular formula is C10H16N2OS. The van der Waals surface area contributed by atoms with Crippen molar-refractivity contribution >= 4 is 17.7 Å². The summed E-state index contributed by atoms with van der Waals surface area (Å²) >= 11 is 1.86. The van der Waals surface area contributed by atoms with Gasteiger partial charge in [0.25, 0.3) is 0 Å². The van der Waals surface area contributed by atoms with Gasteiger partial charge in [0.1, 0.15) is 4.87 Å². The minimum atomic E-state index is 0.0764. The summed E-state index contributed by atoms with van der Waals surface area (Å²) in [6.45, 7) is 5.55. The molecule has 0 aromatic heterocycles. The Morgan fingerprint density at radius 2 is 2.21 bits per heavy atom. The van der Waals surface area contributed by atoms with E-state index in [9.17, 15) is 4.79 Å². The molecule has 1 N–H and O–H groups in total. The Morgan fingerprint density at radius 1 is 1.50 bits per heavy atom. The number of carbonyl (C=O) groups is 1. The highest BCUT2D eigenvalue weighted by Gasteiger charge is 2.53. The normalized spacial score (nSPS) is 51.2. The van der Waals surface area contributed by atoms with E-state index in [-0.39, 0.29) is 16.0 Å². The van der Waals surface area contributed by atoms with Gasteiger partial charge in [-0.05, 0) is 38.8 Å². The fourth-order valence-electron chi connectivity index (χ4n) is 3.00. The highest BCUT2D eigenvalue weighted by Crippen LogP contribution is 2.47. The zero-order valence-electron chi connectivity index (χ0n) is 8.45. The topological polar surface area (TPSA) is 32.3 Å². The number of carbonyl (C=O) groups excluding carboxylic acids is 1. The van der Waals surface area contributed by atoms with E-state index in [1.807, 2.05) is 18.7 Å². The van der Waals surface area contributed by atoms with Crippen LogP contribution in [0.15, 0.2) is 0 Å². The maximum atomic E-state index is 11.6. The van der Waals surface area contributed by atoms with E-state index >= 15 is 0 Å². The molecule has 0 aliphatic carbocycles. The summed E-state index contributed by atoms with van der Waals surface area (Å²) in [4.78, 5) is 14.1. The number of amides is 1. The van der Waals surface area contributed by atoms with Gasteiger partial charge in [-0.15, -0.1) is 11.8 Å². The first-order valence-corrected chi connectivity index (χ1v) is 6.30. The first kappa shape index (κ1) is 9.04. The van der Waals surface area contributed by atoms with Crippen LogP contribution in [0.4, 0.5) is 0 Å². The van der Waals surface area contributed by atoms with E-state index in [1.165, 1.54) is 25.9 Å². The summed E-state index contributed by atoms with van der Waals surface area (Å²) in [6.07, 6.45) is 2.53. The molecule has 0 radical (unpaired) electrons. The van der Waals surface area contributed by atoms with Gasteiger partial charge >= 0.3 is 0 Å². The van der Waals surface area contributed by atoms with Gasteiger partial charge < -0.3 is 10.2 Å². The van der Waals surface area contributed by atoms with Crippen molar-refractivity contribution < 1.29 is 4.79 Å². The number of thioether (sulfide) groups is 1. The zero-order chi connectivity index (χ0) is 9.76. The van der Waals surface area contributed by atoms with E-state index in [4.69, 9.17) is 0 Å². The Bertz CT molecular complexity index is 275. The second-order valence-corrected chi connectivity index (χ2v) is 6.36. The molecule has 4 aliphatic heterocycles. The van der Waals surface area contributed by atoms with Crippen molar-refractivity contribution in [2.75, 3.05) is 19.6 Å². The van der Waals surface area contributed by atoms with Crippen molar-refractivity contribution in [3.8, 4) is 0 Å². The first-order valence-electron chi connectivity index (χ1n) is 5.42. The predicted octanol–water partition coefficient (Wildman–Crippen LogP) is 0.660. The molecule has 1 spiro atoms. The molecule has 3 nitrogen and oxygen atoms in total. The van der Waals surface area contributed by atoms with Gasteiger partial charge in [0.05, 0.1) is 5.25 Å². The second-order valence-electron chi connectivity index (χ2n) is 4.69. The molecule has 0 saturated carbocycles. The molecule has 4 rings (SSSR count). The summed E-state index contributed by atoms with van der Waals surface area (Å²) in [5.74, 6) is 0.954. The van der Waals surface area contributed by atoms with E-state index in [2.05, 4.69) is 10.2 Å². The van der Waals surface area contributed by atoms with E-state index < -0.39 is 0 Å². The summed E-state index contributed by atoms with van der Waals surface area (Å²) in [7, 11) is 0. The van der Waals surface area contributed by atoms with Gasteiger partial charge in [-0.1, -0.05) is 0 Å². The lowest BCUT2D eigenvalue weighted by molar-refractivity contribution is -0.121. The summed E-state index contributed by atoms with van der Waals surface area (Å²) in [5, 5.41) is 3.38. The Labute approximate surface area is 88.6 Å². The minimum Gasteiger partial charge on any atom is -0.339 e. The number of piperidine rings is 3. The van der Waals surface area contributed by atoms with Crippen LogP contribution >= 0.6 is 11.8 Å². The maximum Gasteiger partial charge on any atom is 0.234 e. The third-order valence-electron chi connectivity index (χ3n) is 3.80. The molecule has 0 unspecified atom stereocenters. The van der Waals surface area contributed by atoms with Crippen molar-refractivity contribution in [3.63, 3.8) is 0 Å². The molecule has 4 heteroatoms. The fourth-order valence-corrected chi connectivity index (χ4v) is 4.64. The molecule has 4 heterocycles. The summed E-state index contributed by atoms with van der Waals surface area (Å²) in [6, 6.07) is 0. The molecular weight excluding hydrogens is 196 g/mol. The number of nitrogens with zero attached hydrogens (tertiary/aromatic N) is 1. The van der Waals surface area contributed by atoms with Gasteiger partial charge in [-0.25, -0.2) is 0 Å². The Balaban J connectivity index is 1.87. The van der Waals surface area contributed by atoms with Gasteiger partial charge in [-0.2, -0.15) is 0 Å². The van der Waals surface area contributed by atoms with E-state index in [1.54, 1.807) is 0 Å². The maximum absolute atomic E-state index is 11.6. The average molecular weight is 212 g/mol. The van der Waals surface area contributed by atoms with Crippen molar-refractivity contribution in [2.24, 2.45) is 5.92 Å². The highest BCUT2D eigenvalue weighted by molar-refractivity contribution is 8.02. The van der Waals surface area contributed by atoms with Crippen LogP contribution in [0.2, 0.25) is 0 Å². The van der Waals surface area contributed by atoms with Crippen LogP contribution in [-0.4, -0.2) is 40.6 Å². The molecule has 4 fully saturated rings. The standard InChI is InChI=1S/C10H16N2OS/c1-7-9(13)11-10(14-7)6-12-4-2-8(10)3-5-12/h7-8H,2-6H2,1H3,(H,11,13)/t7-,10-/m0/s1. The number of hydrogen-bond acceptors (Lipinski definition) is 3. The third-order valence-corrected chi connectivity index (χ3v) is 5.35. The average Bonchev–Trinajstić information content (AvgIpc) is 2.43. The van der Waals surface area contributed by atoms with Crippen LogP contribution in [-0.2, 0) is 4.79 Å². The van der Waals surface area contributed by atoms with Crippen LogP contribution in [0.3, 0.4) is 0 Å². The van der Waals surface area contributed by atoms with Crippen molar-refractivity contribution in [3.05, 3.63) is 0 Å². The number of rotatable bonds is 0. The third kappa shape index (κ3) is 1.13. The first-order chi connectivity index (χ1) is 6.70. The van der Waals surface area contributed by atoms with Gasteiger partial charge in [0, 0.05) is 6.54 Å². The Kier molecular flexibility index (Phi) is 1.86. The Morgan fingerprint density at radius 3 is 2.64 bits per heavy atom. The van der Waals surface area contributed by atoms with E-state index in [0.717, 1.165) is 6.54 Å². The molecule has 4 saturated heterocycles. The Hall–Kier alpha value is -0.220. The number of hydrogen-bond donors (Lipinski definition) is 1. The SMILES string of the molecule is C[C@@H]1S[C@]2(CN3CCC2CC3)NC1=O. The molecule has 78 valence electrons. The number of nitrogens with one attached hydrogen (secondary N) is 1. The molecule has 2 atom stereocenters. The fraction of sp³-hybridized carbons (Fsp3) is 0.900. The van der Waals surface area contributed by atoms with Crippen LogP contribution in [0.5, 0.6) is 0 Å². The highest BCUT2D eigenvalue weighted by atomic mass is 32.2. The van der Waals surface area contributed by atoms with Gasteiger partial charge in [-0.3, -0.25) is 4.79 Å². The van der Waals surface area contributed by atoms with Crippen LogP contribution in [0.25, 0.3) is 0 Å². The van der Waals surface area contributed by atoms with Crippen LogP contribution in [0, 0.1) is 5.92 Å². The van der Waals surface area contributed by atoms with Crippen LogP contribution in [0.1, 0.15) is 19.8 Å². The molecule has 2 bridgehead atoms. The zero-order valence-corrected chi connectivity index (χ0v) is 9.27. The number of fused-ring (bicyclic) bond motifs is 2. The smallest absolute Gasteiger partial charge is 0.234 e. The molecule has 0 aromatic rings. The van der Waals surface area contributed by atoms with Crippen molar-refractivity contribution in [2.45, 2.75) is 29.9 Å².